The number of amides is 2. The third-order valence-electron chi connectivity index (χ3n) is 3.42. The summed E-state index contributed by atoms with van der Waals surface area (Å²) in [4.78, 5) is 12.0. The Bertz CT molecular complexity index is 713. The largest absolute Gasteiger partial charge is 0.488 e. The van der Waals surface area contributed by atoms with Crippen LogP contribution in [0.2, 0.25) is 0 Å². The highest BCUT2D eigenvalue weighted by Crippen LogP contribution is 2.18. The fourth-order valence-corrected chi connectivity index (χ4v) is 2.61. The van der Waals surface area contributed by atoms with Crippen molar-refractivity contribution in [1.82, 2.24) is 10.6 Å². The number of halogens is 3. The molecule has 134 valence electrons. The van der Waals surface area contributed by atoms with Crippen molar-refractivity contribution < 1.29 is 18.3 Å². The Morgan fingerprint density at radius 1 is 1.20 bits per heavy atom. The summed E-state index contributed by atoms with van der Waals surface area (Å²) in [5, 5.41) is 5.59. The van der Waals surface area contributed by atoms with Crippen molar-refractivity contribution in [2.75, 3.05) is 6.61 Å². The molecule has 1 atom stereocenters. The average molecular weight is 413 g/mol. The van der Waals surface area contributed by atoms with Gasteiger partial charge in [-0.25, -0.2) is 13.6 Å². The van der Waals surface area contributed by atoms with Crippen LogP contribution in [0.3, 0.4) is 0 Å². The molecule has 0 aromatic heterocycles. The van der Waals surface area contributed by atoms with Crippen molar-refractivity contribution >= 4 is 22.0 Å². The van der Waals surface area contributed by atoms with Crippen LogP contribution in [0.1, 0.15) is 24.1 Å². The number of benzene rings is 2. The number of hydrogen-bond acceptors (Lipinski definition) is 2. The molecule has 2 aromatic carbocycles. The topological polar surface area (TPSA) is 50.4 Å². The van der Waals surface area contributed by atoms with E-state index in [2.05, 4.69) is 26.6 Å². The first kappa shape index (κ1) is 19.2. The first-order valence-electron chi connectivity index (χ1n) is 7.74. The molecule has 1 unspecified atom stereocenters. The van der Waals surface area contributed by atoms with E-state index in [1.165, 1.54) is 0 Å². The minimum Gasteiger partial charge on any atom is -0.488 e. The van der Waals surface area contributed by atoms with Gasteiger partial charge < -0.3 is 15.4 Å². The number of ether oxygens (including phenoxy) is 1. The van der Waals surface area contributed by atoms with Crippen LogP contribution in [0.5, 0.6) is 5.75 Å². The van der Waals surface area contributed by atoms with Crippen LogP contribution in [0, 0.1) is 0 Å². The van der Waals surface area contributed by atoms with Crippen LogP contribution in [0.25, 0.3) is 0 Å². The van der Waals surface area contributed by atoms with Gasteiger partial charge >= 0.3 is 6.03 Å². The SMILES string of the molecule is CC(NC(=O)NCc1cccc(OCC(F)F)c1)c1cccc(Br)c1. The molecule has 0 heterocycles. The number of hydrogen-bond donors (Lipinski definition) is 2. The lowest BCUT2D eigenvalue weighted by atomic mass is 10.1. The molecule has 0 fully saturated rings. The quantitative estimate of drug-likeness (QED) is 0.694. The van der Waals surface area contributed by atoms with Gasteiger partial charge in [-0.3, -0.25) is 0 Å². The Morgan fingerprint density at radius 3 is 2.68 bits per heavy atom. The summed E-state index contributed by atoms with van der Waals surface area (Å²) in [5.41, 5.74) is 1.74. The lowest BCUT2D eigenvalue weighted by Gasteiger charge is -2.15. The molecule has 2 N–H and O–H groups in total. The van der Waals surface area contributed by atoms with Gasteiger partial charge in [-0.1, -0.05) is 40.2 Å². The van der Waals surface area contributed by atoms with Gasteiger partial charge in [0.2, 0.25) is 0 Å². The summed E-state index contributed by atoms with van der Waals surface area (Å²) < 4.78 is 30.2. The summed E-state index contributed by atoms with van der Waals surface area (Å²) in [5.74, 6) is 0.350. The maximum atomic E-state index is 12.2. The van der Waals surface area contributed by atoms with Crippen molar-refractivity contribution in [3.05, 3.63) is 64.1 Å². The first-order chi connectivity index (χ1) is 11.9. The first-order valence-corrected chi connectivity index (χ1v) is 8.53. The Hall–Kier alpha value is -2.15. The van der Waals surface area contributed by atoms with Gasteiger partial charge in [-0.2, -0.15) is 0 Å². The molecule has 0 spiro atoms. The standard InChI is InChI=1S/C18H19BrF2N2O2/c1-12(14-5-3-6-15(19)9-14)23-18(24)22-10-13-4-2-7-16(8-13)25-11-17(20)21/h2-9,12,17H,10-11H2,1H3,(H2,22,23,24). The molecule has 0 aliphatic carbocycles. The predicted molar refractivity (Wildman–Crippen MR) is 95.9 cm³/mol. The van der Waals surface area contributed by atoms with E-state index in [4.69, 9.17) is 4.74 Å². The van der Waals surface area contributed by atoms with Crippen LogP contribution in [0.4, 0.5) is 13.6 Å². The lowest BCUT2D eigenvalue weighted by Crippen LogP contribution is -2.36. The Kier molecular flexibility index (Phi) is 7.18. The molecule has 0 aliphatic rings. The van der Waals surface area contributed by atoms with Gasteiger partial charge in [-0.05, 0) is 42.3 Å². The van der Waals surface area contributed by atoms with Gasteiger partial charge in [-0.15, -0.1) is 0 Å². The maximum Gasteiger partial charge on any atom is 0.315 e. The molecule has 2 rings (SSSR count). The van der Waals surface area contributed by atoms with E-state index in [0.717, 1.165) is 15.6 Å². The van der Waals surface area contributed by atoms with Crippen LogP contribution in [-0.4, -0.2) is 19.1 Å². The van der Waals surface area contributed by atoms with E-state index in [-0.39, 0.29) is 18.6 Å². The van der Waals surface area contributed by atoms with Crippen molar-refractivity contribution in [2.24, 2.45) is 0 Å². The summed E-state index contributed by atoms with van der Waals surface area (Å²) in [6.07, 6.45) is -2.52. The van der Waals surface area contributed by atoms with E-state index in [0.29, 0.717) is 5.75 Å². The summed E-state index contributed by atoms with van der Waals surface area (Å²) in [6.45, 7) is 1.50. The predicted octanol–water partition coefficient (Wildman–Crippen LogP) is 4.65. The molecule has 2 amide bonds. The number of carbonyl (C=O) groups excluding carboxylic acids is 1. The van der Waals surface area contributed by atoms with E-state index < -0.39 is 13.0 Å². The molecule has 0 saturated carbocycles. The summed E-state index contributed by atoms with van der Waals surface area (Å²) in [7, 11) is 0. The van der Waals surface area contributed by atoms with Crippen LogP contribution in [-0.2, 0) is 6.54 Å². The Labute approximate surface area is 153 Å². The molecule has 0 radical (unpaired) electrons. The Balaban J connectivity index is 1.84. The third kappa shape index (κ3) is 6.70. The number of urea groups is 1. The minimum atomic E-state index is -2.52. The van der Waals surface area contributed by atoms with Crippen molar-refractivity contribution in [3.63, 3.8) is 0 Å². The molecule has 0 aliphatic heterocycles. The van der Waals surface area contributed by atoms with E-state index in [1.807, 2.05) is 31.2 Å². The fourth-order valence-electron chi connectivity index (χ4n) is 2.19. The van der Waals surface area contributed by atoms with Crippen LogP contribution >= 0.6 is 15.9 Å². The smallest absolute Gasteiger partial charge is 0.315 e. The van der Waals surface area contributed by atoms with E-state index >= 15 is 0 Å². The normalized spacial score (nSPS) is 11.9. The van der Waals surface area contributed by atoms with Gasteiger partial charge in [0.25, 0.3) is 6.43 Å². The van der Waals surface area contributed by atoms with Gasteiger partial charge in [0.1, 0.15) is 12.4 Å². The second kappa shape index (κ2) is 9.36. The minimum absolute atomic E-state index is 0.154. The van der Waals surface area contributed by atoms with Gasteiger partial charge in [0, 0.05) is 11.0 Å². The molecule has 25 heavy (non-hydrogen) atoms. The molecule has 7 heteroatoms. The van der Waals surface area contributed by atoms with Gasteiger partial charge in [0.05, 0.1) is 6.04 Å². The highest BCUT2D eigenvalue weighted by molar-refractivity contribution is 9.10. The highest BCUT2D eigenvalue weighted by atomic mass is 79.9. The zero-order valence-corrected chi connectivity index (χ0v) is 15.2. The summed E-state index contributed by atoms with van der Waals surface area (Å²) in [6, 6.07) is 13.9. The fraction of sp³-hybridized carbons (Fsp3) is 0.278. The molecule has 0 saturated heterocycles. The van der Waals surface area contributed by atoms with Crippen LogP contribution in [0.15, 0.2) is 53.0 Å². The number of nitrogens with one attached hydrogen (secondary N) is 2. The van der Waals surface area contributed by atoms with E-state index in [9.17, 15) is 13.6 Å². The lowest BCUT2D eigenvalue weighted by molar-refractivity contribution is 0.0818. The molecule has 4 nitrogen and oxygen atoms in total. The second-order valence-electron chi connectivity index (χ2n) is 5.45. The zero-order valence-electron chi connectivity index (χ0n) is 13.6. The second-order valence-corrected chi connectivity index (χ2v) is 6.37. The monoisotopic (exact) mass is 412 g/mol. The van der Waals surface area contributed by atoms with Crippen molar-refractivity contribution in [1.29, 1.82) is 0 Å². The maximum absolute atomic E-state index is 12.2. The highest BCUT2D eigenvalue weighted by Gasteiger charge is 2.10. The molecule has 0 bridgehead atoms. The van der Waals surface area contributed by atoms with E-state index in [1.54, 1.807) is 24.3 Å². The van der Waals surface area contributed by atoms with Gasteiger partial charge in [0.15, 0.2) is 0 Å². The number of carbonyl (C=O) groups is 1. The average Bonchev–Trinajstić information content (AvgIpc) is 2.58. The summed E-state index contributed by atoms with van der Waals surface area (Å²) >= 11 is 3.40. The Morgan fingerprint density at radius 2 is 1.96 bits per heavy atom. The number of alkyl halides is 2. The molecule has 2 aromatic rings. The molecular formula is C18H19BrF2N2O2. The third-order valence-corrected chi connectivity index (χ3v) is 3.92. The van der Waals surface area contributed by atoms with Crippen molar-refractivity contribution in [3.8, 4) is 5.75 Å². The van der Waals surface area contributed by atoms with Crippen LogP contribution < -0.4 is 15.4 Å². The van der Waals surface area contributed by atoms with Crippen molar-refractivity contribution in [2.45, 2.75) is 25.9 Å². The zero-order chi connectivity index (χ0) is 18.2. The molecular weight excluding hydrogens is 394 g/mol. The number of rotatable bonds is 7.